The first-order valence-corrected chi connectivity index (χ1v) is 27.2. The Labute approximate surface area is 439 Å². The van der Waals surface area contributed by atoms with Crippen molar-refractivity contribution < 1.29 is 109 Å². The Hall–Kier alpha value is -1.14. The number of ether oxygens (including phenoxy) is 8. The molecule has 0 amide bonds. The van der Waals surface area contributed by atoms with Crippen LogP contribution in [0, 0.1) is 45.3 Å². The minimum absolute atomic E-state index is 0.136. The average molecular weight is 1080 g/mol. The highest BCUT2D eigenvalue weighted by atomic mass is 16.8. The van der Waals surface area contributed by atoms with Crippen molar-refractivity contribution in [2.45, 2.75) is 254 Å². The van der Waals surface area contributed by atoms with E-state index < -0.39 is 187 Å². The average Bonchev–Trinajstić information content (AvgIpc) is 3.75. The molecular formula is C53H90O22. The summed E-state index contributed by atoms with van der Waals surface area (Å²) >= 11 is 0. The van der Waals surface area contributed by atoms with Gasteiger partial charge in [0.25, 0.3) is 0 Å². The van der Waals surface area contributed by atoms with E-state index in [9.17, 15) is 71.5 Å². The van der Waals surface area contributed by atoms with Crippen molar-refractivity contribution in [2.24, 2.45) is 45.3 Å². The van der Waals surface area contributed by atoms with Crippen LogP contribution in [0.4, 0.5) is 0 Å². The zero-order valence-electron chi connectivity index (χ0n) is 44.9. The first-order chi connectivity index (χ1) is 35.0. The number of aliphatic hydroxyl groups is 14. The molecule has 4 aliphatic carbocycles. The minimum Gasteiger partial charge on any atom is -0.394 e. The molecule has 0 bridgehead atoms. The van der Waals surface area contributed by atoms with Gasteiger partial charge in [-0.05, 0) is 124 Å². The van der Waals surface area contributed by atoms with E-state index in [0.29, 0.717) is 51.4 Å². The molecule has 4 heterocycles. The minimum atomic E-state index is -1.77. The lowest BCUT2D eigenvalue weighted by molar-refractivity contribution is -0.382. The SMILES string of the molecule is CC(C)=CCC[C@](C)(O[C@@H]1O[C@H](CO[C@@H]2OC[C@@H](O)[C@@H](O)[C@@H]2O)[C@@H](O)[C@H](O)[C@H]1O)[C@H]1CC[C@]2(C)[C@@H]1[C@H](O)C[C@@H]1[C@@]3(C)CC[C@H](O)C(C)(C)[C@@H]3[C@@H](O[C@@H]3O[C@H](CO)[C@@H](O)[C@H](O)[C@H]3O[C@@H]3O[C@@H](C)[C@H](O)[C@@H](O)[C@H]3O)C[C@]12C. The lowest BCUT2D eigenvalue weighted by atomic mass is 9.34. The molecule has 22 heteroatoms. The lowest BCUT2D eigenvalue weighted by Gasteiger charge is -2.72. The van der Waals surface area contributed by atoms with Gasteiger partial charge in [0.1, 0.15) is 85.5 Å². The summed E-state index contributed by atoms with van der Waals surface area (Å²) in [6.07, 6.45) is -25.7. The smallest absolute Gasteiger partial charge is 0.187 e. The number of aliphatic hydroxyl groups excluding tert-OH is 14. The third-order valence-electron chi connectivity index (χ3n) is 20.4. The second-order valence-electron chi connectivity index (χ2n) is 25.4. The Morgan fingerprint density at radius 2 is 1.28 bits per heavy atom. The molecule has 0 unspecified atom stereocenters. The van der Waals surface area contributed by atoms with Gasteiger partial charge in [0.2, 0.25) is 0 Å². The van der Waals surface area contributed by atoms with Crippen LogP contribution in [0.2, 0.25) is 0 Å². The van der Waals surface area contributed by atoms with Crippen molar-refractivity contribution in [1.29, 1.82) is 0 Å². The van der Waals surface area contributed by atoms with E-state index in [0.717, 1.165) is 5.57 Å². The fourth-order valence-electron chi connectivity index (χ4n) is 16.0. The van der Waals surface area contributed by atoms with Crippen LogP contribution in [0.5, 0.6) is 0 Å². The predicted molar refractivity (Wildman–Crippen MR) is 260 cm³/mol. The zero-order valence-corrected chi connectivity index (χ0v) is 44.9. The van der Waals surface area contributed by atoms with Crippen LogP contribution in [0.1, 0.15) is 114 Å². The van der Waals surface area contributed by atoms with E-state index in [-0.39, 0.29) is 18.4 Å². The highest BCUT2D eigenvalue weighted by molar-refractivity contribution is 5.22. The number of hydrogen-bond acceptors (Lipinski definition) is 22. The first kappa shape index (κ1) is 60.0. The molecule has 75 heavy (non-hydrogen) atoms. The largest absolute Gasteiger partial charge is 0.394 e. The third-order valence-corrected chi connectivity index (χ3v) is 20.4. The van der Waals surface area contributed by atoms with Crippen LogP contribution >= 0.6 is 0 Å². The fourth-order valence-corrected chi connectivity index (χ4v) is 16.0. The summed E-state index contributed by atoms with van der Waals surface area (Å²) < 4.78 is 49.7. The molecule has 8 aliphatic rings. The molecule has 4 aliphatic heterocycles. The monoisotopic (exact) mass is 1080 g/mol. The molecule has 0 aromatic heterocycles. The molecule has 4 saturated carbocycles. The van der Waals surface area contributed by atoms with E-state index >= 15 is 0 Å². The maximum absolute atomic E-state index is 12.9. The van der Waals surface area contributed by atoms with Gasteiger partial charge in [-0.25, -0.2) is 0 Å². The van der Waals surface area contributed by atoms with Gasteiger partial charge in [0.15, 0.2) is 25.2 Å². The van der Waals surface area contributed by atoms with Crippen LogP contribution in [0.15, 0.2) is 11.6 Å². The number of allylic oxidation sites excluding steroid dienone is 2. The lowest BCUT2D eigenvalue weighted by Crippen LogP contribution is -2.71. The van der Waals surface area contributed by atoms with Crippen molar-refractivity contribution in [2.75, 3.05) is 19.8 Å². The summed E-state index contributed by atoms with van der Waals surface area (Å²) in [7, 11) is 0. The molecule has 8 fully saturated rings. The van der Waals surface area contributed by atoms with Crippen LogP contribution < -0.4 is 0 Å². The van der Waals surface area contributed by atoms with Crippen LogP contribution in [0.3, 0.4) is 0 Å². The Balaban J connectivity index is 1.12. The van der Waals surface area contributed by atoms with Gasteiger partial charge in [-0.3, -0.25) is 0 Å². The van der Waals surface area contributed by atoms with Gasteiger partial charge in [-0.1, -0.05) is 46.3 Å². The Morgan fingerprint density at radius 3 is 1.95 bits per heavy atom. The summed E-state index contributed by atoms with van der Waals surface area (Å²) in [6, 6.07) is 0. The summed E-state index contributed by atoms with van der Waals surface area (Å²) in [4.78, 5) is 0. The van der Waals surface area contributed by atoms with Gasteiger partial charge in [0, 0.05) is 0 Å². The quantitative estimate of drug-likeness (QED) is 0.0691. The Morgan fingerprint density at radius 1 is 0.653 bits per heavy atom. The van der Waals surface area contributed by atoms with Crippen molar-refractivity contribution in [1.82, 2.24) is 0 Å². The molecule has 14 N–H and O–H groups in total. The zero-order chi connectivity index (χ0) is 55.2. The van der Waals surface area contributed by atoms with Gasteiger partial charge in [-0.2, -0.15) is 0 Å². The highest BCUT2D eigenvalue weighted by Gasteiger charge is 2.74. The molecule has 22 nitrogen and oxygen atoms in total. The normalized spacial score (nSPS) is 53.7. The standard InChI is InChI=1S/C53H90O22/c1-22(2)11-10-14-53(9,75-47-42(67)38(63)36(61)29(73-47)21-69-45-40(65)34(59)26(56)20-68-45)24-12-16-51(7)32(24)25(55)17-30-50(6)15-13-31(57)49(4,5)44(50)27(18-52(30,51)8)71-48-43(39(64)35(60)28(19-54)72-48)74-46-41(66)37(62)33(58)23(3)70-46/h11,23-48,54-67H,10,12-21H2,1-9H3/t23-,24-,25+,26+,27-,28+,29+,30+,31-,32-,33-,34+,35+,36+,37+,38-,39-,40-,41+,42+,43+,44-,45-,46-,47-,48+,50+,51+,52+,53-/m0/s1. The van der Waals surface area contributed by atoms with E-state index in [1.807, 2.05) is 34.6 Å². The number of fused-ring (bicyclic) bond motifs is 5. The summed E-state index contributed by atoms with van der Waals surface area (Å²) in [5, 5.41) is 155. The van der Waals surface area contributed by atoms with Gasteiger partial charge in [-0.15, -0.1) is 0 Å². The topological polar surface area (TPSA) is 357 Å². The van der Waals surface area contributed by atoms with Gasteiger partial charge < -0.3 is 109 Å². The van der Waals surface area contributed by atoms with Crippen molar-refractivity contribution in [3.05, 3.63) is 11.6 Å². The molecule has 0 radical (unpaired) electrons. The molecule has 0 aromatic carbocycles. The van der Waals surface area contributed by atoms with Crippen molar-refractivity contribution >= 4 is 0 Å². The second-order valence-corrected chi connectivity index (χ2v) is 25.4. The van der Waals surface area contributed by atoms with E-state index in [4.69, 9.17) is 37.9 Å². The van der Waals surface area contributed by atoms with Crippen molar-refractivity contribution in [3.63, 3.8) is 0 Å². The third kappa shape index (κ3) is 10.5. The Bertz CT molecular complexity index is 1960. The van der Waals surface area contributed by atoms with Gasteiger partial charge >= 0.3 is 0 Å². The van der Waals surface area contributed by atoms with Crippen LogP contribution in [-0.2, 0) is 37.9 Å². The highest BCUT2D eigenvalue weighted by Crippen LogP contribution is 2.76. The summed E-state index contributed by atoms with van der Waals surface area (Å²) in [6.45, 7) is 16.4. The van der Waals surface area contributed by atoms with Gasteiger partial charge in [0.05, 0.1) is 49.8 Å². The Kier molecular flexibility index (Phi) is 17.8. The molecule has 8 rings (SSSR count). The molecule has 434 valence electrons. The second kappa shape index (κ2) is 22.3. The molecular weight excluding hydrogens is 989 g/mol. The van der Waals surface area contributed by atoms with E-state index in [1.165, 1.54) is 6.92 Å². The fraction of sp³-hybridized carbons (Fsp3) is 0.962. The van der Waals surface area contributed by atoms with Crippen LogP contribution in [0.25, 0.3) is 0 Å². The molecule has 4 saturated heterocycles. The first-order valence-electron chi connectivity index (χ1n) is 27.2. The molecule has 0 aromatic rings. The maximum atomic E-state index is 12.9. The van der Waals surface area contributed by atoms with Crippen molar-refractivity contribution in [3.8, 4) is 0 Å². The number of rotatable bonds is 14. The molecule has 0 spiro atoms. The van der Waals surface area contributed by atoms with E-state index in [2.05, 4.69) is 26.8 Å². The predicted octanol–water partition coefficient (Wildman–Crippen LogP) is -1.57. The van der Waals surface area contributed by atoms with E-state index in [1.54, 1.807) is 0 Å². The maximum Gasteiger partial charge on any atom is 0.187 e. The van der Waals surface area contributed by atoms with Crippen LogP contribution in [-0.4, -0.2) is 232 Å². The summed E-state index contributed by atoms with van der Waals surface area (Å²) in [5.74, 6) is -1.37. The summed E-state index contributed by atoms with van der Waals surface area (Å²) in [5.41, 5.74) is -2.78. The number of hydrogen-bond donors (Lipinski definition) is 14. The molecule has 30 atom stereocenters.